The molecule has 0 radical (unpaired) electrons. The highest BCUT2D eigenvalue weighted by Crippen LogP contribution is 2.34. The first-order valence-electron chi connectivity index (χ1n) is 8.57. The molecule has 1 atom stereocenters. The summed E-state index contributed by atoms with van der Waals surface area (Å²) in [4.78, 5) is 20.7. The first-order chi connectivity index (χ1) is 12.1. The number of aryl methyl sites for hydroxylation is 1. The lowest BCUT2D eigenvalue weighted by molar-refractivity contribution is 0.285. The topological polar surface area (TPSA) is 38.1 Å². The minimum atomic E-state index is 0.0295. The van der Waals surface area contributed by atoms with Crippen molar-refractivity contribution in [2.24, 2.45) is 0 Å². The van der Waals surface area contributed by atoms with Crippen LogP contribution in [0.1, 0.15) is 19.3 Å². The van der Waals surface area contributed by atoms with Crippen molar-refractivity contribution >= 4 is 33.2 Å². The van der Waals surface area contributed by atoms with E-state index in [1.165, 1.54) is 24.2 Å². The van der Waals surface area contributed by atoms with E-state index in [1.54, 1.807) is 10.9 Å². The van der Waals surface area contributed by atoms with Gasteiger partial charge in [-0.1, -0.05) is 29.8 Å². The van der Waals surface area contributed by atoms with Crippen LogP contribution in [-0.4, -0.2) is 34.1 Å². The number of hydrogen-bond acceptors (Lipinski definition) is 4. The molecule has 130 valence electrons. The van der Waals surface area contributed by atoms with Crippen LogP contribution >= 0.6 is 22.9 Å². The normalized spacial score (nSPS) is 18.2. The zero-order valence-electron chi connectivity index (χ0n) is 14.1. The number of fused-ring (bicyclic) bond motifs is 1. The lowest BCUT2D eigenvalue weighted by atomic mass is 10.1. The van der Waals surface area contributed by atoms with E-state index in [2.05, 4.69) is 16.9 Å². The molecule has 0 saturated carbocycles. The second-order valence-corrected chi connectivity index (χ2v) is 7.88. The maximum Gasteiger partial charge on any atom is 0.262 e. The summed E-state index contributed by atoms with van der Waals surface area (Å²) in [5.74, 6) is 0. The van der Waals surface area contributed by atoms with Crippen LogP contribution in [0.4, 0.5) is 0 Å². The summed E-state index contributed by atoms with van der Waals surface area (Å²) in [5, 5.41) is 3.32. The van der Waals surface area contributed by atoms with Crippen molar-refractivity contribution in [3.05, 3.63) is 51.3 Å². The minimum Gasteiger partial charge on any atom is -0.303 e. The molecule has 1 aromatic carbocycles. The van der Waals surface area contributed by atoms with Crippen LogP contribution in [0.3, 0.4) is 0 Å². The zero-order chi connectivity index (χ0) is 17.4. The second kappa shape index (κ2) is 6.90. The Balaban J connectivity index is 1.71. The number of thiophene rings is 1. The van der Waals surface area contributed by atoms with Crippen molar-refractivity contribution in [1.82, 2.24) is 14.5 Å². The molecule has 0 N–H and O–H groups in total. The maximum absolute atomic E-state index is 13.1. The third-order valence-electron chi connectivity index (χ3n) is 5.10. The van der Waals surface area contributed by atoms with Crippen LogP contribution in [-0.2, 0) is 6.54 Å². The van der Waals surface area contributed by atoms with E-state index in [0.29, 0.717) is 23.0 Å². The molecule has 1 fully saturated rings. The van der Waals surface area contributed by atoms with E-state index < -0.39 is 0 Å². The summed E-state index contributed by atoms with van der Waals surface area (Å²) in [6.07, 6.45) is 5.13. The van der Waals surface area contributed by atoms with Crippen LogP contribution in [0.5, 0.6) is 0 Å². The maximum atomic E-state index is 13.1. The van der Waals surface area contributed by atoms with E-state index in [0.717, 1.165) is 28.9 Å². The van der Waals surface area contributed by atoms with E-state index in [9.17, 15) is 4.79 Å². The Kier molecular flexibility index (Phi) is 4.63. The minimum absolute atomic E-state index is 0.0295. The molecule has 0 spiro atoms. The molecule has 25 heavy (non-hydrogen) atoms. The molecule has 1 aliphatic heterocycles. The number of aromatic nitrogens is 2. The standard InChI is InChI=1S/C19H20ClN3OS/c1-22-9-4-5-13(22)8-10-23-12-21-18-17(19(23)24)15(11-25-18)14-6-2-3-7-16(14)20/h2-3,6-7,11-13H,4-5,8-10H2,1H3. The molecule has 0 bridgehead atoms. The molecule has 2 aromatic heterocycles. The summed E-state index contributed by atoms with van der Waals surface area (Å²) in [5.41, 5.74) is 1.81. The van der Waals surface area contributed by atoms with Gasteiger partial charge in [0.1, 0.15) is 4.83 Å². The highest BCUT2D eigenvalue weighted by Gasteiger charge is 2.21. The molecule has 1 saturated heterocycles. The number of benzene rings is 1. The van der Waals surface area contributed by atoms with Gasteiger partial charge in [0.05, 0.1) is 11.7 Å². The van der Waals surface area contributed by atoms with Gasteiger partial charge in [0.15, 0.2) is 0 Å². The fourth-order valence-electron chi connectivity index (χ4n) is 3.64. The third-order valence-corrected chi connectivity index (χ3v) is 6.32. The molecule has 4 rings (SSSR count). The van der Waals surface area contributed by atoms with Crippen molar-refractivity contribution in [2.75, 3.05) is 13.6 Å². The van der Waals surface area contributed by atoms with Gasteiger partial charge in [0, 0.05) is 34.1 Å². The Bertz CT molecular complexity index is 965. The van der Waals surface area contributed by atoms with Crippen LogP contribution in [0.15, 0.2) is 40.8 Å². The molecule has 6 heteroatoms. The predicted octanol–water partition coefficient (Wildman–Crippen LogP) is 4.26. The van der Waals surface area contributed by atoms with Crippen LogP contribution in [0, 0.1) is 0 Å². The smallest absolute Gasteiger partial charge is 0.262 e. The van der Waals surface area contributed by atoms with Gasteiger partial charge in [-0.05, 0) is 38.9 Å². The molecule has 4 nitrogen and oxygen atoms in total. The van der Waals surface area contributed by atoms with Crippen molar-refractivity contribution < 1.29 is 0 Å². The Morgan fingerprint density at radius 1 is 1.32 bits per heavy atom. The van der Waals surface area contributed by atoms with Crippen molar-refractivity contribution in [3.8, 4) is 11.1 Å². The summed E-state index contributed by atoms with van der Waals surface area (Å²) in [6.45, 7) is 1.85. The molecule has 1 unspecified atom stereocenters. The number of nitrogens with zero attached hydrogens (tertiary/aromatic N) is 3. The fraction of sp³-hybridized carbons (Fsp3) is 0.368. The quantitative estimate of drug-likeness (QED) is 0.685. The number of rotatable bonds is 4. The molecule has 0 amide bonds. The second-order valence-electron chi connectivity index (χ2n) is 6.62. The lowest BCUT2D eigenvalue weighted by Crippen LogP contribution is -2.28. The Labute approximate surface area is 155 Å². The first kappa shape index (κ1) is 16.8. The third kappa shape index (κ3) is 3.12. The monoisotopic (exact) mass is 373 g/mol. The summed E-state index contributed by atoms with van der Waals surface area (Å²) < 4.78 is 1.75. The van der Waals surface area contributed by atoms with Crippen molar-refractivity contribution in [1.29, 1.82) is 0 Å². The van der Waals surface area contributed by atoms with Gasteiger partial charge in [0.25, 0.3) is 5.56 Å². The van der Waals surface area contributed by atoms with Gasteiger partial charge in [-0.3, -0.25) is 9.36 Å². The lowest BCUT2D eigenvalue weighted by Gasteiger charge is -2.19. The van der Waals surface area contributed by atoms with Crippen LogP contribution in [0.2, 0.25) is 5.02 Å². The van der Waals surface area contributed by atoms with Crippen LogP contribution in [0.25, 0.3) is 21.3 Å². The molecular weight excluding hydrogens is 354 g/mol. The van der Waals surface area contributed by atoms with Gasteiger partial charge < -0.3 is 4.90 Å². The SMILES string of the molecule is CN1CCCC1CCn1cnc2scc(-c3ccccc3Cl)c2c1=O. The fourth-order valence-corrected chi connectivity index (χ4v) is 4.77. The molecule has 3 aromatic rings. The molecule has 0 aliphatic carbocycles. The summed E-state index contributed by atoms with van der Waals surface area (Å²) >= 11 is 7.83. The van der Waals surface area contributed by atoms with Crippen LogP contribution < -0.4 is 5.56 Å². The predicted molar refractivity (Wildman–Crippen MR) is 105 cm³/mol. The van der Waals surface area contributed by atoms with Crippen molar-refractivity contribution in [2.45, 2.75) is 31.8 Å². The molecular formula is C19H20ClN3OS. The number of likely N-dealkylation sites (tertiary alicyclic amines) is 1. The number of hydrogen-bond donors (Lipinski definition) is 0. The molecule has 3 heterocycles. The Hall–Kier alpha value is -1.69. The van der Waals surface area contributed by atoms with Gasteiger partial charge in [-0.15, -0.1) is 11.3 Å². The van der Waals surface area contributed by atoms with Gasteiger partial charge >= 0.3 is 0 Å². The average Bonchev–Trinajstić information content (AvgIpc) is 3.21. The van der Waals surface area contributed by atoms with E-state index in [-0.39, 0.29) is 5.56 Å². The highest BCUT2D eigenvalue weighted by molar-refractivity contribution is 7.17. The Morgan fingerprint density at radius 3 is 2.92 bits per heavy atom. The zero-order valence-corrected chi connectivity index (χ0v) is 15.7. The summed E-state index contributed by atoms with van der Waals surface area (Å²) in [7, 11) is 2.16. The molecule has 1 aliphatic rings. The average molecular weight is 374 g/mol. The van der Waals surface area contributed by atoms with E-state index >= 15 is 0 Å². The van der Waals surface area contributed by atoms with E-state index in [4.69, 9.17) is 11.6 Å². The largest absolute Gasteiger partial charge is 0.303 e. The highest BCUT2D eigenvalue weighted by atomic mass is 35.5. The van der Waals surface area contributed by atoms with Gasteiger partial charge in [-0.2, -0.15) is 0 Å². The number of halogens is 1. The van der Waals surface area contributed by atoms with Gasteiger partial charge in [0.2, 0.25) is 0 Å². The summed E-state index contributed by atoms with van der Waals surface area (Å²) in [6, 6.07) is 8.21. The van der Waals surface area contributed by atoms with Crippen molar-refractivity contribution in [3.63, 3.8) is 0 Å². The van der Waals surface area contributed by atoms with Gasteiger partial charge in [-0.25, -0.2) is 4.98 Å². The Morgan fingerprint density at radius 2 is 2.16 bits per heavy atom. The first-order valence-corrected chi connectivity index (χ1v) is 9.82. The van der Waals surface area contributed by atoms with E-state index in [1.807, 2.05) is 29.6 Å².